The van der Waals surface area contributed by atoms with Crippen molar-refractivity contribution in [1.29, 1.82) is 0 Å². The summed E-state index contributed by atoms with van der Waals surface area (Å²) in [6.07, 6.45) is 5.70. The number of carboxylic acid groups (broad SMARTS) is 1. The van der Waals surface area contributed by atoms with E-state index in [0.717, 1.165) is 16.7 Å². The van der Waals surface area contributed by atoms with E-state index >= 15 is 0 Å². The normalized spacial score (nSPS) is 16.0. The van der Waals surface area contributed by atoms with Crippen LogP contribution < -0.4 is 15.0 Å². The number of aliphatic imine (C=N–C) groups is 1. The number of aliphatic carboxylic acids is 1. The minimum absolute atomic E-state index is 0.142. The molecule has 1 aliphatic heterocycles. The van der Waals surface area contributed by atoms with Gasteiger partial charge in [0.2, 0.25) is 0 Å². The Bertz CT molecular complexity index is 1180. The van der Waals surface area contributed by atoms with Crippen LogP contribution in [0.3, 0.4) is 0 Å². The van der Waals surface area contributed by atoms with E-state index in [1.807, 2.05) is 54.3 Å². The highest BCUT2D eigenvalue weighted by Gasteiger charge is 2.23. The Morgan fingerprint density at radius 3 is 2.32 bits per heavy atom. The van der Waals surface area contributed by atoms with Gasteiger partial charge in [0.15, 0.2) is 17.6 Å². The molecule has 1 N–H and O–H groups in total. The van der Waals surface area contributed by atoms with Crippen molar-refractivity contribution >= 4 is 40.6 Å². The fourth-order valence-corrected chi connectivity index (χ4v) is 3.91. The van der Waals surface area contributed by atoms with Gasteiger partial charge in [-0.3, -0.25) is 4.79 Å². The van der Waals surface area contributed by atoms with Crippen LogP contribution in [-0.4, -0.2) is 17.0 Å². The van der Waals surface area contributed by atoms with Gasteiger partial charge in [-0.15, -0.1) is 0 Å². The van der Waals surface area contributed by atoms with Crippen LogP contribution >= 0.6 is 11.8 Å². The quantitative estimate of drug-likeness (QED) is 0.498. The number of hydrogen-bond acceptors (Lipinski definition) is 5. The van der Waals surface area contributed by atoms with Gasteiger partial charge < -0.3 is 15.2 Å². The highest BCUT2D eigenvalue weighted by atomic mass is 32.2. The molecule has 1 aliphatic rings. The number of benzene rings is 2. The van der Waals surface area contributed by atoms with E-state index < -0.39 is 5.97 Å². The van der Waals surface area contributed by atoms with Gasteiger partial charge in [0, 0.05) is 24.5 Å². The molecule has 0 radical (unpaired) electrons. The van der Waals surface area contributed by atoms with Crippen LogP contribution in [-0.2, 0) is 23.1 Å². The molecule has 0 spiro atoms. The summed E-state index contributed by atoms with van der Waals surface area (Å²) in [5.74, 6) is -1.32. The standard InChI is InChI=1S/C24H19N3O3S/c1-27-12-10-19(11-13-27)18-6-2-16(3-7-18)14-21-23(30)26-24(31-21)25-20-8-4-17(5-9-20)15-22(28)29/h2-14H,15H2,1H3,(H-,25,26,28,29,30). The Kier molecular flexibility index (Phi) is 5.95. The van der Waals surface area contributed by atoms with Gasteiger partial charge in [0.1, 0.15) is 7.05 Å². The number of thioether (sulfide) groups is 1. The lowest BCUT2D eigenvalue weighted by Crippen LogP contribution is -2.25. The predicted octanol–water partition coefficient (Wildman–Crippen LogP) is 2.36. The van der Waals surface area contributed by atoms with Crippen molar-refractivity contribution in [3.8, 4) is 11.1 Å². The van der Waals surface area contributed by atoms with Gasteiger partial charge in [0.05, 0.1) is 10.6 Å². The topological polar surface area (TPSA) is 85.5 Å². The molecule has 4 rings (SSSR count). The van der Waals surface area contributed by atoms with Gasteiger partial charge in [0.25, 0.3) is 5.91 Å². The van der Waals surface area contributed by atoms with Crippen molar-refractivity contribution in [2.75, 3.05) is 0 Å². The number of amidine groups is 1. The Labute approximate surface area is 184 Å². The van der Waals surface area contributed by atoms with Crippen molar-refractivity contribution < 1.29 is 19.3 Å². The van der Waals surface area contributed by atoms with E-state index in [2.05, 4.69) is 22.4 Å². The van der Waals surface area contributed by atoms with Crippen LogP contribution in [0.4, 0.5) is 5.69 Å². The molecule has 1 aromatic heterocycles. The van der Waals surface area contributed by atoms with Crippen LogP contribution in [0.15, 0.2) is 83.0 Å². The molecule has 154 valence electrons. The van der Waals surface area contributed by atoms with E-state index in [4.69, 9.17) is 0 Å². The lowest BCUT2D eigenvalue weighted by molar-refractivity contribution is -0.671. The molecule has 0 saturated carbocycles. The zero-order valence-corrected chi connectivity index (χ0v) is 17.6. The number of carboxylic acids is 1. The number of carbonyl (C=O) groups excluding carboxylic acids is 2. The summed E-state index contributed by atoms with van der Waals surface area (Å²) in [7, 11) is 1.98. The monoisotopic (exact) mass is 429 g/mol. The third-order valence-electron chi connectivity index (χ3n) is 4.69. The molecule has 3 aromatic rings. The Balaban J connectivity index is 1.46. The number of nitrogens with one attached hydrogen (secondary N) is 1. The second kappa shape index (κ2) is 8.97. The molecule has 6 nitrogen and oxygen atoms in total. The zero-order chi connectivity index (χ0) is 21.8. The third-order valence-corrected chi connectivity index (χ3v) is 5.60. The molecular weight excluding hydrogens is 410 g/mol. The number of rotatable bonds is 5. The summed E-state index contributed by atoms with van der Waals surface area (Å²) in [5.41, 5.74) is 4.43. The van der Waals surface area contributed by atoms with Crippen molar-refractivity contribution in [2.45, 2.75) is 6.42 Å². The molecule has 2 aromatic carbocycles. The lowest BCUT2D eigenvalue weighted by atomic mass is 10.0. The fourth-order valence-electron chi connectivity index (χ4n) is 3.07. The van der Waals surface area contributed by atoms with Crippen LogP contribution in [0, 0.1) is 0 Å². The van der Waals surface area contributed by atoms with Crippen LogP contribution in [0.25, 0.3) is 17.2 Å². The zero-order valence-electron chi connectivity index (χ0n) is 16.7. The largest absolute Gasteiger partial charge is 0.550 e. The Morgan fingerprint density at radius 1 is 1.03 bits per heavy atom. The van der Waals surface area contributed by atoms with E-state index in [1.165, 1.54) is 11.8 Å². The van der Waals surface area contributed by atoms with Gasteiger partial charge in [-0.2, -0.15) is 0 Å². The summed E-state index contributed by atoms with van der Waals surface area (Å²) >= 11 is 1.27. The second-order valence-corrected chi connectivity index (χ2v) is 8.10. The molecule has 0 aliphatic carbocycles. The first-order chi connectivity index (χ1) is 15.0. The number of carbonyl (C=O) groups is 2. The van der Waals surface area contributed by atoms with Gasteiger partial charge >= 0.3 is 0 Å². The van der Waals surface area contributed by atoms with E-state index in [-0.39, 0.29) is 12.3 Å². The van der Waals surface area contributed by atoms with E-state index in [0.29, 0.717) is 21.3 Å². The smallest absolute Gasteiger partial charge is 0.264 e. The molecule has 31 heavy (non-hydrogen) atoms. The summed E-state index contributed by atoms with van der Waals surface area (Å²) in [5, 5.41) is 13.9. The summed E-state index contributed by atoms with van der Waals surface area (Å²) in [4.78, 5) is 28.0. The highest BCUT2D eigenvalue weighted by molar-refractivity contribution is 8.18. The third kappa shape index (κ3) is 5.26. The van der Waals surface area contributed by atoms with Crippen molar-refractivity contribution in [3.63, 3.8) is 0 Å². The maximum atomic E-state index is 12.3. The maximum Gasteiger partial charge on any atom is 0.264 e. The van der Waals surface area contributed by atoms with Crippen molar-refractivity contribution in [2.24, 2.45) is 12.0 Å². The number of aromatic nitrogens is 1. The minimum Gasteiger partial charge on any atom is -0.550 e. The number of aryl methyl sites for hydroxylation is 1. The molecule has 1 amide bonds. The first-order valence-electron chi connectivity index (χ1n) is 9.60. The number of pyridine rings is 1. The van der Waals surface area contributed by atoms with Gasteiger partial charge in [-0.1, -0.05) is 36.4 Å². The van der Waals surface area contributed by atoms with Crippen LogP contribution in [0.1, 0.15) is 11.1 Å². The van der Waals surface area contributed by atoms with Crippen LogP contribution in [0.5, 0.6) is 0 Å². The molecule has 0 unspecified atom stereocenters. The summed E-state index contributed by atoms with van der Waals surface area (Å²) in [6.45, 7) is 0. The van der Waals surface area contributed by atoms with Crippen molar-refractivity contribution in [3.05, 3.63) is 89.1 Å². The first-order valence-corrected chi connectivity index (χ1v) is 10.4. The molecular formula is C24H19N3O3S. The average Bonchev–Trinajstić information content (AvgIpc) is 3.09. The Hall–Kier alpha value is -3.71. The Morgan fingerprint density at radius 2 is 1.68 bits per heavy atom. The predicted molar refractivity (Wildman–Crippen MR) is 119 cm³/mol. The molecule has 2 heterocycles. The minimum atomic E-state index is -1.13. The maximum absolute atomic E-state index is 12.3. The van der Waals surface area contributed by atoms with E-state index in [9.17, 15) is 14.7 Å². The summed E-state index contributed by atoms with van der Waals surface area (Å²) < 4.78 is 1.99. The van der Waals surface area contributed by atoms with Gasteiger partial charge in [-0.25, -0.2) is 9.56 Å². The first kappa shape index (κ1) is 20.6. The van der Waals surface area contributed by atoms with Gasteiger partial charge in [-0.05, 0) is 52.2 Å². The molecule has 1 fully saturated rings. The number of amides is 1. The van der Waals surface area contributed by atoms with Crippen molar-refractivity contribution in [1.82, 2.24) is 5.32 Å². The highest BCUT2D eigenvalue weighted by Crippen LogP contribution is 2.29. The molecule has 1 saturated heterocycles. The SMILES string of the molecule is C[n+]1ccc(-c2ccc(C=C3SC(=Nc4ccc(CC(=O)[O-])cc4)NC3=O)cc2)cc1. The van der Waals surface area contributed by atoms with Crippen LogP contribution in [0.2, 0.25) is 0 Å². The molecule has 0 bridgehead atoms. The number of hydrogen-bond donors (Lipinski definition) is 1. The molecule has 0 atom stereocenters. The lowest BCUT2D eigenvalue weighted by Gasteiger charge is -2.02. The fraction of sp³-hybridized carbons (Fsp3) is 0.0833. The summed E-state index contributed by atoms with van der Waals surface area (Å²) in [6, 6.07) is 18.9. The second-order valence-electron chi connectivity index (χ2n) is 7.07. The molecule has 7 heteroatoms. The number of nitrogens with zero attached hydrogens (tertiary/aromatic N) is 2. The van der Waals surface area contributed by atoms with E-state index in [1.54, 1.807) is 24.3 Å². The average molecular weight is 430 g/mol.